The highest BCUT2D eigenvalue weighted by Gasteiger charge is 2.39. The molecular weight excluding hydrogens is 275 g/mol. The zero-order valence-electron chi connectivity index (χ0n) is 12.7. The molecular formula is C15H23O4P. The van der Waals surface area contributed by atoms with Gasteiger partial charge in [-0.05, 0) is 34.6 Å². The predicted octanol–water partition coefficient (Wildman–Crippen LogP) is 4.30. The van der Waals surface area contributed by atoms with Crippen LogP contribution in [-0.2, 0) is 13.6 Å². The summed E-state index contributed by atoms with van der Waals surface area (Å²) in [4.78, 5) is 12.4. The fraction of sp³-hybridized carbons (Fsp3) is 0.533. The van der Waals surface area contributed by atoms with E-state index in [2.05, 4.69) is 0 Å². The van der Waals surface area contributed by atoms with Gasteiger partial charge in [-0.15, -0.1) is 0 Å². The Morgan fingerprint density at radius 3 is 1.80 bits per heavy atom. The van der Waals surface area contributed by atoms with Gasteiger partial charge in [-0.2, -0.15) is 0 Å². The third-order valence-corrected chi connectivity index (χ3v) is 5.24. The van der Waals surface area contributed by atoms with E-state index in [0.29, 0.717) is 5.56 Å². The Bertz CT molecular complexity index is 468. The fourth-order valence-corrected chi connectivity index (χ4v) is 3.81. The second-order valence-electron chi connectivity index (χ2n) is 5.25. The van der Waals surface area contributed by atoms with Gasteiger partial charge < -0.3 is 9.05 Å². The molecule has 1 aromatic carbocycles. The summed E-state index contributed by atoms with van der Waals surface area (Å²) in [6.07, 6.45) is -0.545. The lowest BCUT2D eigenvalue weighted by atomic mass is 10.1. The summed E-state index contributed by atoms with van der Waals surface area (Å²) in [6, 6.07) is 8.78. The maximum atomic E-state index is 12.9. The number of hydrogen-bond donors (Lipinski definition) is 0. The lowest BCUT2D eigenvalue weighted by molar-refractivity contribution is 0.0948. The van der Waals surface area contributed by atoms with Crippen molar-refractivity contribution >= 4 is 13.4 Å². The van der Waals surface area contributed by atoms with Crippen molar-refractivity contribution in [2.45, 2.75) is 52.5 Å². The first kappa shape index (κ1) is 17.1. The molecule has 1 atom stereocenters. The van der Waals surface area contributed by atoms with Crippen molar-refractivity contribution in [1.29, 1.82) is 0 Å². The molecule has 0 N–H and O–H groups in total. The summed E-state index contributed by atoms with van der Waals surface area (Å²) in [5.74, 6) is -0.227. The van der Waals surface area contributed by atoms with E-state index in [1.165, 1.54) is 0 Å². The second-order valence-corrected chi connectivity index (χ2v) is 7.53. The van der Waals surface area contributed by atoms with E-state index in [9.17, 15) is 9.36 Å². The maximum Gasteiger partial charge on any atom is 0.341 e. The van der Waals surface area contributed by atoms with E-state index < -0.39 is 13.3 Å². The minimum atomic E-state index is -3.49. The summed E-state index contributed by atoms with van der Waals surface area (Å²) >= 11 is 0. The second kappa shape index (κ2) is 7.16. The van der Waals surface area contributed by atoms with Gasteiger partial charge in [0.2, 0.25) is 0 Å². The lowest BCUT2D eigenvalue weighted by Crippen LogP contribution is -2.23. The molecule has 0 fully saturated rings. The van der Waals surface area contributed by atoms with Gasteiger partial charge in [0, 0.05) is 5.56 Å². The Morgan fingerprint density at radius 2 is 1.40 bits per heavy atom. The Labute approximate surface area is 121 Å². The number of hydrogen-bond acceptors (Lipinski definition) is 4. The molecule has 0 heterocycles. The van der Waals surface area contributed by atoms with Crippen molar-refractivity contribution in [2.24, 2.45) is 0 Å². The van der Waals surface area contributed by atoms with Gasteiger partial charge in [-0.3, -0.25) is 9.36 Å². The molecule has 4 nitrogen and oxygen atoms in total. The van der Waals surface area contributed by atoms with E-state index in [1.807, 2.05) is 6.07 Å². The monoisotopic (exact) mass is 298 g/mol. The van der Waals surface area contributed by atoms with Crippen LogP contribution in [0.2, 0.25) is 0 Å². The van der Waals surface area contributed by atoms with Crippen LogP contribution in [0.5, 0.6) is 0 Å². The highest BCUT2D eigenvalue weighted by atomic mass is 31.2. The van der Waals surface area contributed by atoms with E-state index in [-0.39, 0.29) is 18.0 Å². The average Bonchev–Trinajstić information content (AvgIpc) is 2.36. The standard InChI is InChI=1S/C15H23O4P/c1-11(2)18-20(17,19-12(3)4)13(5)15(16)14-9-7-6-8-10-14/h6-13H,1-5H3. The number of benzene rings is 1. The van der Waals surface area contributed by atoms with Crippen molar-refractivity contribution < 1.29 is 18.4 Å². The molecule has 0 amide bonds. The maximum absolute atomic E-state index is 12.9. The molecule has 0 aliphatic carbocycles. The lowest BCUT2D eigenvalue weighted by Gasteiger charge is -2.27. The van der Waals surface area contributed by atoms with Crippen LogP contribution in [0, 0.1) is 0 Å². The van der Waals surface area contributed by atoms with Crippen LogP contribution >= 0.6 is 7.60 Å². The molecule has 0 aliphatic heterocycles. The van der Waals surface area contributed by atoms with Gasteiger partial charge >= 0.3 is 7.60 Å². The topological polar surface area (TPSA) is 52.6 Å². The molecule has 1 rings (SSSR count). The van der Waals surface area contributed by atoms with E-state index in [1.54, 1.807) is 58.9 Å². The molecule has 0 bridgehead atoms. The van der Waals surface area contributed by atoms with Crippen LogP contribution in [0.25, 0.3) is 0 Å². The van der Waals surface area contributed by atoms with Crippen molar-refractivity contribution in [3.05, 3.63) is 35.9 Å². The van der Waals surface area contributed by atoms with Crippen LogP contribution in [-0.4, -0.2) is 23.7 Å². The summed E-state index contributed by atoms with van der Waals surface area (Å²) in [6.45, 7) is 8.69. The van der Waals surface area contributed by atoms with Crippen LogP contribution < -0.4 is 0 Å². The van der Waals surface area contributed by atoms with E-state index >= 15 is 0 Å². The van der Waals surface area contributed by atoms with Gasteiger partial charge in [0.25, 0.3) is 0 Å². The van der Waals surface area contributed by atoms with Crippen molar-refractivity contribution in [1.82, 2.24) is 0 Å². The highest BCUT2D eigenvalue weighted by molar-refractivity contribution is 7.55. The molecule has 0 radical (unpaired) electrons. The summed E-state index contributed by atoms with van der Waals surface area (Å²) < 4.78 is 23.8. The van der Waals surface area contributed by atoms with Gasteiger partial charge in [0.15, 0.2) is 5.78 Å². The molecule has 1 aromatic rings. The highest BCUT2D eigenvalue weighted by Crippen LogP contribution is 2.55. The van der Waals surface area contributed by atoms with E-state index in [4.69, 9.17) is 9.05 Å². The number of rotatable bonds is 7. The molecule has 5 heteroatoms. The molecule has 20 heavy (non-hydrogen) atoms. The zero-order chi connectivity index (χ0) is 15.3. The van der Waals surface area contributed by atoms with Gasteiger partial charge in [0.1, 0.15) is 5.66 Å². The molecule has 0 aromatic heterocycles. The quantitative estimate of drug-likeness (QED) is 0.556. The number of carbonyl (C=O) groups is 1. The molecule has 0 saturated carbocycles. The minimum Gasteiger partial charge on any atom is -0.305 e. The third-order valence-electron chi connectivity index (χ3n) is 2.63. The fourth-order valence-electron chi connectivity index (χ4n) is 1.78. The average molecular weight is 298 g/mol. The largest absolute Gasteiger partial charge is 0.341 e. The predicted molar refractivity (Wildman–Crippen MR) is 80.3 cm³/mol. The summed E-state index contributed by atoms with van der Waals surface area (Å²) in [5, 5.41) is 0. The normalized spacial score (nSPS) is 13.8. The Morgan fingerprint density at radius 1 is 0.950 bits per heavy atom. The first-order chi connectivity index (χ1) is 9.26. The summed E-state index contributed by atoms with van der Waals surface area (Å²) in [7, 11) is -3.49. The van der Waals surface area contributed by atoms with Crippen LogP contribution in [0.4, 0.5) is 0 Å². The van der Waals surface area contributed by atoms with Gasteiger partial charge in [-0.25, -0.2) is 0 Å². The number of Topliss-reactive ketones (excluding diaryl/α,β-unsaturated/α-hetero) is 1. The molecule has 112 valence electrons. The SMILES string of the molecule is CC(C)OP(=O)(OC(C)C)C(C)C(=O)c1ccccc1. The van der Waals surface area contributed by atoms with Gasteiger partial charge in [-0.1, -0.05) is 30.3 Å². The molecule has 0 aliphatic rings. The van der Waals surface area contributed by atoms with E-state index in [0.717, 1.165) is 0 Å². The zero-order valence-corrected chi connectivity index (χ0v) is 13.6. The molecule has 0 spiro atoms. The van der Waals surface area contributed by atoms with Crippen LogP contribution in [0.3, 0.4) is 0 Å². The molecule has 1 unspecified atom stereocenters. The van der Waals surface area contributed by atoms with Gasteiger partial charge in [0.05, 0.1) is 12.2 Å². The van der Waals surface area contributed by atoms with Crippen molar-refractivity contribution in [2.75, 3.05) is 0 Å². The Balaban J connectivity index is 3.02. The Hall–Kier alpha value is -0.960. The first-order valence-corrected chi connectivity index (χ1v) is 8.43. The minimum absolute atomic E-state index is 0.227. The first-order valence-electron chi connectivity index (χ1n) is 6.82. The number of carbonyl (C=O) groups excluding carboxylic acids is 1. The molecule has 0 saturated heterocycles. The number of ketones is 1. The van der Waals surface area contributed by atoms with Crippen molar-refractivity contribution in [3.63, 3.8) is 0 Å². The summed E-state index contributed by atoms with van der Waals surface area (Å²) in [5.41, 5.74) is -0.311. The third kappa shape index (κ3) is 4.55. The Kier molecular flexibility index (Phi) is 6.12. The van der Waals surface area contributed by atoms with Crippen LogP contribution in [0.15, 0.2) is 30.3 Å². The smallest absolute Gasteiger partial charge is 0.305 e. The van der Waals surface area contributed by atoms with Crippen molar-refractivity contribution in [3.8, 4) is 0 Å². The van der Waals surface area contributed by atoms with Crippen LogP contribution in [0.1, 0.15) is 45.0 Å².